The lowest BCUT2D eigenvalue weighted by Gasteiger charge is -2.08. The van der Waals surface area contributed by atoms with E-state index < -0.39 is 5.41 Å². The Kier molecular flexibility index (Phi) is 2.31. The van der Waals surface area contributed by atoms with Gasteiger partial charge in [0.05, 0.1) is 6.54 Å². The fourth-order valence-electron chi connectivity index (χ4n) is 0.204. The molecule has 3 heteroatoms. The summed E-state index contributed by atoms with van der Waals surface area (Å²) in [5.74, 6) is 0. The third kappa shape index (κ3) is 2.44. The minimum absolute atomic E-state index is 0.0660. The molecule has 0 fully saturated rings. The van der Waals surface area contributed by atoms with Crippen molar-refractivity contribution in [3.05, 3.63) is 4.91 Å². The van der Waals surface area contributed by atoms with Crippen molar-refractivity contribution >= 4 is 6.29 Å². The molecule has 0 atom stereocenters. The number of rotatable bonds is 3. The Morgan fingerprint density at radius 1 is 1.62 bits per heavy atom. The molecular weight excluding hydrogens is 106 g/mol. The monoisotopic (exact) mass is 115 g/mol. The molecule has 0 aliphatic heterocycles. The zero-order valence-electron chi connectivity index (χ0n) is 5.05. The lowest BCUT2D eigenvalue weighted by atomic mass is 9.97. The minimum Gasteiger partial charge on any atom is -0.303 e. The molecule has 0 aliphatic rings. The van der Waals surface area contributed by atoms with Crippen molar-refractivity contribution in [3.8, 4) is 0 Å². The second-order valence-corrected chi connectivity index (χ2v) is 2.39. The Morgan fingerprint density at radius 2 is 2.12 bits per heavy atom. The quantitative estimate of drug-likeness (QED) is 0.406. The van der Waals surface area contributed by atoms with Crippen LogP contribution in [0.5, 0.6) is 0 Å². The topological polar surface area (TPSA) is 46.5 Å². The van der Waals surface area contributed by atoms with E-state index in [0.717, 1.165) is 6.29 Å². The molecule has 0 aromatic rings. The van der Waals surface area contributed by atoms with Crippen LogP contribution in [0.4, 0.5) is 0 Å². The highest BCUT2D eigenvalue weighted by molar-refractivity contribution is 5.58. The molecule has 0 saturated carbocycles. The molecule has 0 aromatic heterocycles. The van der Waals surface area contributed by atoms with E-state index in [4.69, 9.17) is 0 Å². The average molecular weight is 115 g/mol. The van der Waals surface area contributed by atoms with Crippen molar-refractivity contribution in [2.75, 3.05) is 6.54 Å². The Balaban J connectivity index is 3.70. The summed E-state index contributed by atoms with van der Waals surface area (Å²) in [5, 5.41) is 2.60. The van der Waals surface area contributed by atoms with Gasteiger partial charge in [0.15, 0.2) is 0 Å². The standard InChI is InChI=1S/C5H9NO2/c1-5(2,4-7)3-6-8/h4H,3H2,1-2H3. The fourth-order valence-corrected chi connectivity index (χ4v) is 0.204. The first-order chi connectivity index (χ1) is 3.62. The molecule has 0 amide bonds. The smallest absolute Gasteiger partial charge is 0.127 e. The van der Waals surface area contributed by atoms with E-state index in [1.54, 1.807) is 13.8 Å². The van der Waals surface area contributed by atoms with Crippen LogP contribution in [0.2, 0.25) is 0 Å². The number of carbonyl (C=O) groups excluding carboxylic acids is 1. The van der Waals surface area contributed by atoms with Crippen LogP contribution in [0.25, 0.3) is 0 Å². The Bertz CT molecular complexity index is 98.6. The van der Waals surface area contributed by atoms with Crippen molar-refractivity contribution in [2.24, 2.45) is 10.6 Å². The van der Waals surface area contributed by atoms with Gasteiger partial charge in [0.2, 0.25) is 0 Å². The molecule has 0 bridgehead atoms. The zero-order valence-corrected chi connectivity index (χ0v) is 5.05. The number of aldehydes is 1. The van der Waals surface area contributed by atoms with Gasteiger partial charge in [-0.3, -0.25) is 0 Å². The van der Waals surface area contributed by atoms with Gasteiger partial charge >= 0.3 is 0 Å². The number of hydrogen-bond donors (Lipinski definition) is 0. The van der Waals surface area contributed by atoms with E-state index in [-0.39, 0.29) is 6.54 Å². The number of nitroso groups, excluding NO2 is 1. The number of hydrogen-bond acceptors (Lipinski definition) is 3. The van der Waals surface area contributed by atoms with Crippen molar-refractivity contribution in [2.45, 2.75) is 13.8 Å². The molecule has 0 unspecified atom stereocenters. The maximum atomic E-state index is 10.0. The first kappa shape index (κ1) is 7.27. The van der Waals surface area contributed by atoms with Gasteiger partial charge in [-0.2, -0.15) is 4.91 Å². The van der Waals surface area contributed by atoms with Crippen LogP contribution >= 0.6 is 0 Å². The summed E-state index contributed by atoms with van der Waals surface area (Å²) in [7, 11) is 0. The van der Waals surface area contributed by atoms with Crippen LogP contribution in [-0.4, -0.2) is 12.8 Å². The maximum Gasteiger partial charge on any atom is 0.127 e. The van der Waals surface area contributed by atoms with Gasteiger partial charge in [-0.1, -0.05) is 19.0 Å². The Labute approximate surface area is 48.1 Å². The molecular formula is C5H9NO2. The van der Waals surface area contributed by atoms with Gasteiger partial charge < -0.3 is 4.79 Å². The van der Waals surface area contributed by atoms with Crippen molar-refractivity contribution < 1.29 is 4.79 Å². The molecule has 46 valence electrons. The van der Waals surface area contributed by atoms with Gasteiger partial charge in [-0.25, -0.2) is 0 Å². The van der Waals surface area contributed by atoms with E-state index in [1.165, 1.54) is 0 Å². The summed E-state index contributed by atoms with van der Waals surface area (Å²) < 4.78 is 0. The lowest BCUT2D eigenvalue weighted by molar-refractivity contribution is -0.114. The molecule has 0 heterocycles. The minimum atomic E-state index is -0.568. The molecule has 0 N–H and O–H groups in total. The summed E-state index contributed by atoms with van der Waals surface area (Å²) in [6.07, 6.45) is 0.731. The molecule has 0 spiro atoms. The van der Waals surface area contributed by atoms with Crippen LogP contribution in [-0.2, 0) is 4.79 Å². The Morgan fingerprint density at radius 3 is 2.25 bits per heavy atom. The first-order valence-corrected chi connectivity index (χ1v) is 2.38. The van der Waals surface area contributed by atoms with Crippen LogP contribution in [0, 0.1) is 10.3 Å². The molecule has 0 aromatic carbocycles. The number of nitrogens with zero attached hydrogens (tertiary/aromatic N) is 1. The molecule has 3 nitrogen and oxygen atoms in total. The van der Waals surface area contributed by atoms with Crippen LogP contribution in [0.15, 0.2) is 5.18 Å². The van der Waals surface area contributed by atoms with Crippen LogP contribution < -0.4 is 0 Å². The van der Waals surface area contributed by atoms with Gasteiger partial charge in [0, 0.05) is 5.41 Å². The highest BCUT2D eigenvalue weighted by Crippen LogP contribution is 2.09. The predicted octanol–water partition coefficient (Wildman–Crippen LogP) is 0.978. The largest absolute Gasteiger partial charge is 0.303 e. The summed E-state index contributed by atoms with van der Waals surface area (Å²) in [6, 6.07) is 0. The van der Waals surface area contributed by atoms with E-state index in [9.17, 15) is 9.70 Å². The second-order valence-electron chi connectivity index (χ2n) is 2.39. The van der Waals surface area contributed by atoms with Crippen LogP contribution in [0.3, 0.4) is 0 Å². The summed E-state index contributed by atoms with van der Waals surface area (Å²) >= 11 is 0. The molecule has 0 saturated heterocycles. The van der Waals surface area contributed by atoms with Gasteiger partial charge in [-0.05, 0) is 0 Å². The summed E-state index contributed by atoms with van der Waals surface area (Å²) in [5.41, 5.74) is -0.568. The highest BCUT2D eigenvalue weighted by atomic mass is 16.3. The maximum absolute atomic E-state index is 10.0. The average Bonchev–Trinajstić information content (AvgIpc) is 1.67. The second kappa shape index (κ2) is 2.55. The van der Waals surface area contributed by atoms with Gasteiger partial charge in [0.25, 0.3) is 0 Å². The fraction of sp³-hybridized carbons (Fsp3) is 0.800. The highest BCUT2D eigenvalue weighted by Gasteiger charge is 2.15. The third-order valence-corrected chi connectivity index (χ3v) is 0.791. The predicted molar refractivity (Wildman–Crippen MR) is 30.5 cm³/mol. The van der Waals surface area contributed by atoms with E-state index in [1.807, 2.05) is 0 Å². The van der Waals surface area contributed by atoms with Crippen LogP contribution in [0.1, 0.15) is 13.8 Å². The van der Waals surface area contributed by atoms with Crippen molar-refractivity contribution in [1.82, 2.24) is 0 Å². The zero-order chi connectivity index (χ0) is 6.62. The molecule has 8 heavy (non-hydrogen) atoms. The van der Waals surface area contributed by atoms with E-state index in [2.05, 4.69) is 5.18 Å². The SMILES string of the molecule is CC(C)(C=O)CN=O. The summed E-state index contributed by atoms with van der Waals surface area (Å²) in [4.78, 5) is 19.6. The molecule has 0 aliphatic carbocycles. The first-order valence-electron chi connectivity index (χ1n) is 2.38. The van der Waals surface area contributed by atoms with E-state index >= 15 is 0 Å². The number of carbonyl (C=O) groups is 1. The lowest BCUT2D eigenvalue weighted by Crippen LogP contribution is -2.16. The Hall–Kier alpha value is -0.730. The third-order valence-electron chi connectivity index (χ3n) is 0.791. The molecule has 0 radical (unpaired) electrons. The van der Waals surface area contributed by atoms with Gasteiger partial charge in [-0.15, -0.1) is 0 Å². The van der Waals surface area contributed by atoms with Gasteiger partial charge in [0.1, 0.15) is 6.29 Å². The summed E-state index contributed by atoms with van der Waals surface area (Å²) in [6.45, 7) is 3.40. The van der Waals surface area contributed by atoms with Crippen molar-refractivity contribution in [3.63, 3.8) is 0 Å². The molecule has 0 rings (SSSR count). The van der Waals surface area contributed by atoms with E-state index in [0.29, 0.717) is 0 Å². The van der Waals surface area contributed by atoms with Crippen molar-refractivity contribution in [1.29, 1.82) is 0 Å². The normalized spacial score (nSPS) is 10.8.